The topological polar surface area (TPSA) is 53.7 Å². The first kappa shape index (κ1) is 12.1. The molecule has 0 bridgehead atoms. The lowest BCUT2D eigenvalue weighted by Gasteiger charge is -2.14. The second-order valence-electron chi connectivity index (χ2n) is 3.02. The molecule has 4 nitrogen and oxygen atoms in total. The minimum Gasteiger partial charge on any atom is -0.496 e. The number of benzene rings is 1. The van der Waals surface area contributed by atoms with Crippen molar-refractivity contribution in [3.63, 3.8) is 0 Å². The summed E-state index contributed by atoms with van der Waals surface area (Å²) in [5.41, 5.74) is 1.59. The number of rotatable bonds is 4. The third kappa shape index (κ3) is 2.34. The Morgan fingerprint density at radius 2 is 2.00 bits per heavy atom. The van der Waals surface area contributed by atoms with E-state index in [0.29, 0.717) is 16.5 Å². The smallest absolute Gasteiger partial charge is 0.143 e. The van der Waals surface area contributed by atoms with E-state index in [1.807, 2.05) is 6.92 Å². The summed E-state index contributed by atoms with van der Waals surface area (Å²) < 4.78 is 10.4. The van der Waals surface area contributed by atoms with E-state index in [9.17, 15) is 0 Å². The minimum atomic E-state index is 0.222. The second-order valence-corrected chi connectivity index (χ2v) is 3.40. The summed E-state index contributed by atoms with van der Waals surface area (Å²) in [5.74, 6) is 6.28. The van der Waals surface area contributed by atoms with Crippen molar-refractivity contribution in [2.45, 2.75) is 13.5 Å². The molecule has 1 aromatic carbocycles. The van der Waals surface area contributed by atoms with E-state index < -0.39 is 0 Å². The zero-order valence-electron chi connectivity index (χ0n) is 8.96. The number of hydrogen-bond acceptors (Lipinski definition) is 4. The van der Waals surface area contributed by atoms with Gasteiger partial charge in [-0.3, -0.25) is 4.84 Å². The van der Waals surface area contributed by atoms with Gasteiger partial charge in [-0.05, 0) is 13.0 Å². The summed E-state index contributed by atoms with van der Waals surface area (Å²) in [4.78, 5) is 4.57. The van der Waals surface area contributed by atoms with Crippen LogP contribution in [0.1, 0.15) is 11.1 Å². The summed E-state index contributed by atoms with van der Waals surface area (Å²) in [7, 11) is 3.13. The molecule has 0 heterocycles. The molecule has 0 unspecified atom stereocenters. The van der Waals surface area contributed by atoms with Crippen LogP contribution < -0.4 is 15.4 Å². The molecule has 2 N–H and O–H groups in total. The van der Waals surface area contributed by atoms with Gasteiger partial charge in [0.2, 0.25) is 0 Å². The molecule has 1 aromatic rings. The molecular weight excluding hydrogens is 218 g/mol. The molecule has 0 atom stereocenters. The molecule has 0 saturated carbocycles. The molecule has 0 radical (unpaired) electrons. The van der Waals surface area contributed by atoms with Gasteiger partial charge in [-0.15, -0.1) is 0 Å². The highest BCUT2D eigenvalue weighted by Gasteiger charge is 2.15. The Balaban J connectivity index is 3.30. The van der Waals surface area contributed by atoms with Gasteiger partial charge in [0.25, 0.3) is 0 Å². The Bertz CT molecular complexity index is 355. The van der Waals surface area contributed by atoms with Crippen molar-refractivity contribution in [2.75, 3.05) is 14.2 Å². The molecule has 15 heavy (non-hydrogen) atoms. The van der Waals surface area contributed by atoms with E-state index in [-0.39, 0.29) is 6.61 Å². The highest BCUT2D eigenvalue weighted by molar-refractivity contribution is 6.33. The van der Waals surface area contributed by atoms with E-state index in [2.05, 4.69) is 4.84 Å². The number of hydrogen-bond donors (Lipinski definition) is 1. The monoisotopic (exact) mass is 231 g/mol. The van der Waals surface area contributed by atoms with Crippen molar-refractivity contribution >= 4 is 11.6 Å². The highest BCUT2D eigenvalue weighted by Crippen LogP contribution is 2.37. The van der Waals surface area contributed by atoms with Crippen molar-refractivity contribution in [1.29, 1.82) is 0 Å². The van der Waals surface area contributed by atoms with Gasteiger partial charge in [-0.1, -0.05) is 11.6 Å². The van der Waals surface area contributed by atoms with Crippen molar-refractivity contribution in [3.05, 3.63) is 22.2 Å². The predicted molar refractivity (Wildman–Crippen MR) is 58.3 cm³/mol. The molecular formula is C10H14ClNO3. The van der Waals surface area contributed by atoms with Crippen molar-refractivity contribution in [1.82, 2.24) is 0 Å². The van der Waals surface area contributed by atoms with E-state index in [1.165, 1.54) is 0 Å². The lowest BCUT2D eigenvalue weighted by atomic mass is 10.1. The minimum absolute atomic E-state index is 0.222. The van der Waals surface area contributed by atoms with E-state index in [4.69, 9.17) is 27.0 Å². The van der Waals surface area contributed by atoms with Crippen LogP contribution in [-0.2, 0) is 11.4 Å². The SMILES string of the molecule is COc1cc(CON)c(OC)c(Cl)c1C. The lowest BCUT2D eigenvalue weighted by Crippen LogP contribution is -2.03. The van der Waals surface area contributed by atoms with Crippen LogP contribution in [0.25, 0.3) is 0 Å². The Labute approximate surface area is 93.8 Å². The van der Waals surface area contributed by atoms with Gasteiger partial charge in [0.1, 0.15) is 11.5 Å². The Morgan fingerprint density at radius 3 is 2.47 bits per heavy atom. The third-order valence-corrected chi connectivity index (χ3v) is 2.61. The zero-order valence-corrected chi connectivity index (χ0v) is 9.72. The first-order valence-electron chi connectivity index (χ1n) is 4.37. The van der Waals surface area contributed by atoms with E-state index >= 15 is 0 Å². The average Bonchev–Trinajstić information content (AvgIpc) is 2.24. The molecule has 84 valence electrons. The Kier molecular flexibility index (Phi) is 4.20. The maximum absolute atomic E-state index is 6.12. The van der Waals surface area contributed by atoms with Crippen LogP contribution in [0.2, 0.25) is 5.02 Å². The molecule has 0 fully saturated rings. The summed E-state index contributed by atoms with van der Waals surface area (Å²) in [6.07, 6.45) is 0. The highest BCUT2D eigenvalue weighted by atomic mass is 35.5. The summed E-state index contributed by atoms with van der Waals surface area (Å²) >= 11 is 6.12. The fraction of sp³-hybridized carbons (Fsp3) is 0.400. The molecule has 0 aliphatic rings. The van der Waals surface area contributed by atoms with Crippen molar-refractivity contribution in [3.8, 4) is 11.5 Å². The lowest BCUT2D eigenvalue weighted by molar-refractivity contribution is 0.122. The van der Waals surface area contributed by atoms with Gasteiger partial charge >= 0.3 is 0 Å². The van der Waals surface area contributed by atoms with Crippen molar-refractivity contribution in [2.24, 2.45) is 5.90 Å². The standard InChI is InChI=1S/C10H14ClNO3/c1-6-8(13-2)4-7(5-15-12)10(14-3)9(6)11/h4H,5,12H2,1-3H3. The van der Waals surface area contributed by atoms with Gasteiger partial charge in [0.05, 0.1) is 25.8 Å². The molecule has 0 aliphatic carbocycles. The Hall–Kier alpha value is -0.970. The molecule has 0 saturated heterocycles. The quantitative estimate of drug-likeness (QED) is 0.806. The molecule has 1 rings (SSSR count). The van der Waals surface area contributed by atoms with E-state index in [0.717, 1.165) is 11.1 Å². The largest absolute Gasteiger partial charge is 0.496 e. The number of methoxy groups -OCH3 is 2. The fourth-order valence-corrected chi connectivity index (χ4v) is 1.67. The molecule has 0 aromatic heterocycles. The van der Waals surface area contributed by atoms with Gasteiger partial charge in [0, 0.05) is 11.1 Å². The van der Waals surface area contributed by atoms with Crippen molar-refractivity contribution < 1.29 is 14.3 Å². The second kappa shape index (κ2) is 5.21. The van der Waals surface area contributed by atoms with Crippen LogP contribution in [0.4, 0.5) is 0 Å². The van der Waals surface area contributed by atoms with Gasteiger partial charge < -0.3 is 9.47 Å². The predicted octanol–water partition coefficient (Wildman–Crippen LogP) is 2.06. The van der Waals surface area contributed by atoms with Crippen LogP contribution in [-0.4, -0.2) is 14.2 Å². The normalized spacial score (nSPS) is 10.2. The number of nitrogens with two attached hydrogens (primary N) is 1. The van der Waals surface area contributed by atoms with Crippen LogP contribution in [0.15, 0.2) is 6.07 Å². The molecule has 0 aliphatic heterocycles. The van der Waals surface area contributed by atoms with Crippen LogP contribution in [0.5, 0.6) is 11.5 Å². The summed E-state index contributed by atoms with van der Waals surface area (Å²) in [5, 5.41) is 0.518. The average molecular weight is 232 g/mol. The summed E-state index contributed by atoms with van der Waals surface area (Å²) in [6, 6.07) is 1.80. The van der Waals surface area contributed by atoms with Crippen LogP contribution in [0.3, 0.4) is 0 Å². The first-order valence-corrected chi connectivity index (χ1v) is 4.75. The molecule has 0 amide bonds. The Morgan fingerprint density at radius 1 is 1.33 bits per heavy atom. The third-order valence-electron chi connectivity index (χ3n) is 2.16. The number of ether oxygens (including phenoxy) is 2. The first-order chi connectivity index (χ1) is 7.15. The maximum atomic E-state index is 6.12. The molecule has 5 heteroatoms. The maximum Gasteiger partial charge on any atom is 0.143 e. The zero-order chi connectivity index (χ0) is 11.4. The van der Waals surface area contributed by atoms with Gasteiger partial charge in [0.15, 0.2) is 0 Å². The van der Waals surface area contributed by atoms with E-state index in [1.54, 1.807) is 20.3 Å². The van der Waals surface area contributed by atoms with Gasteiger partial charge in [-0.2, -0.15) is 0 Å². The molecule has 0 spiro atoms. The van der Waals surface area contributed by atoms with Gasteiger partial charge in [-0.25, -0.2) is 5.90 Å². The summed E-state index contributed by atoms with van der Waals surface area (Å²) in [6.45, 7) is 2.08. The van der Waals surface area contributed by atoms with Crippen LogP contribution in [0, 0.1) is 6.92 Å². The number of halogens is 1. The van der Waals surface area contributed by atoms with Crippen LogP contribution >= 0.6 is 11.6 Å². The fourth-order valence-electron chi connectivity index (χ4n) is 1.38.